The number of hydrogen-bond donors (Lipinski definition) is 2. The lowest BCUT2D eigenvalue weighted by Crippen LogP contribution is -1.99. The molecule has 27 heavy (non-hydrogen) atoms. The summed E-state index contributed by atoms with van der Waals surface area (Å²) in [5, 5.41) is 10.6. The Balaban J connectivity index is 1.71. The van der Waals surface area contributed by atoms with Crippen molar-refractivity contribution in [2.45, 2.75) is 6.43 Å². The van der Waals surface area contributed by atoms with E-state index < -0.39 is 6.43 Å². The molecule has 0 unspecified atom stereocenters. The predicted molar refractivity (Wildman–Crippen MR) is 98.4 cm³/mol. The van der Waals surface area contributed by atoms with Crippen molar-refractivity contribution in [1.29, 1.82) is 0 Å². The van der Waals surface area contributed by atoms with Gasteiger partial charge in [0.25, 0.3) is 6.43 Å². The van der Waals surface area contributed by atoms with Gasteiger partial charge in [-0.25, -0.2) is 13.8 Å². The molecule has 0 saturated carbocycles. The molecule has 3 aromatic heterocycles. The van der Waals surface area contributed by atoms with Crippen molar-refractivity contribution >= 4 is 22.3 Å². The van der Waals surface area contributed by atoms with E-state index >= 15 is 0 Å². The number of rotatable bonds is 5. The number of ether oxygens (including phenoxy) is 1. The topological polar surface area (TPSA) is 75.7 Å². The van der Waals surface area contributed by atoms with E-state index in [1.165, 1.54) is 19.2 Å². The number of nitrogens with zero attached hydrogens (tertiary/aromatic N) is 3. The lowest BCUT2D eigenvalue weighted by atomic mass is 10.1. The first-order chi connectivity index (χ1) is 13.2. The van der Waals surface area contributed by atoms with Crippen molar-refractivity contribution in [3.05, 3.63) is 60.6 Å². The van der Waals surface area contributed by atoms with Crippen LogP contribution in [0, 0.1) is 0 Å². The molecule has 4 rings (SSSR count). The zero-order valence-corrected chi connectivity index (χ0v) is 14.3. The van der Waals surface area contributed by atoms with E-state index in [1.807, 2.05) is 12.1 Å². The van der Waals surface area contributed by atoms with Gasteiger partial charge in [0.15, 0.2) is 0 Å². The monoisotopic (exact) mass is 367 g/mol. The van der Waals surface area contributed by atoms with E-state index in [2.05, 4.69) is 25.5 Å². The van der Waals surface area contributed by atoms with E-state index in [4.69, 9.17) is 4.74 Å². The average Bonchev–Trinajstić information content (AvgIpc) is 3.23. The summed E-state index contributed by atoms with van der Waals surface area (Å²) in [6.45, 7) is 0. The van der Waals surface area contributed by atoms with Gasteiger partial charge in [0.2, 0.25) is 5.88 Å². The molecule has 1 aromatic carbocycles. The third-order valence-corrected chi connectivity index (χ3v) is 4.14. The number of methoxy groups -OCH3 is 1. The average molecular weight is 367 g/mol. The van der Waals surface area contributed by atoms with E-state index in [1.54, 1.807) is 30.7 Å². The second kappa shape index (κ2) is 6.99. The number of fused-ring (bicyclic) bond motifs is 1. The summed E-state index contributed by atoms with van der Waals surface area (Å²) < 4.78 is 31.2. The Kier molecular flexibility index (Phi) is 4.37. The third kappa shape index (κ3) is 3.29. The molecule has 0 aliphatic rings. The smallest absolute Gasteiger partial charge is 0.263 e. The largest absolute Gasteiger partial charge is 0.480 e. The molecule has 0 bridgehead atoms. The Morgan fingerprint density at radius 3 is 2.74 bits per heavy atom. The highest BCUT2D eigenvalue weighted by Gasteiger charge is 2.12. The molecule has 0 fully saturated rings. The molecular formula is C19H15F2N5O. The Hall–Kier alpha value is -3.55. The number of aromatic amines is 1. The van der Waals surface area contributed by atoms with Gasteiger partial charge in [0.1, 0.15) is 5.69 Å². The van der Waals surface area contributed by atoms with Crippen LogP contribution in [0.3, 0.4) is 0 Å². The van der Waals surface area contributed by atoms with Crippen molar-refractivity contribution < 1.29 is 13.5 Å². The van der Waals surface area contributed by atoms with Crippen molar-refractivity contribution in [1.82, 2.24) is 20.2 Å². The van der Waals surface area contributed by atoms with E-state index in [-0.39, 0.29) is 5.56 Å². The summed E-state index contributed by atoms with van der Waals surface area (Å²) in [5.74, 6) is 0.405. The minimum atomic E-state index is -2.53. The van der Waals surface area contributed by atoms with Crippen LogP contribution in [-0.4, -0.2) is 27.3 Å². The SMILES string of the molecule is COc1nc(-c2cn[nH]c2)ccc1Nc1ccnc2cc(C(F)F)ccc12. The summed E-state index contributed by atoms with van der Waals surface area (Å²) in [6.07, 6.45) is 2.45. The molecular weight excluding hydrogens is 352 g/mol. The van der Waals surface area contributed by atoms with Gasteiger partial charge in [0.05, 0.1) is 24.5 Å². The highest BCUT2D eigenvalue weighted by Crippen LogP contribution is 2.32. The number of alkyl halides is 2. The van der Waals surface area contributed by atoms with Gasteiger partial charge in [-0.3, -0.25) is 10.1 Å². The predicted octanol–water partition coefficient (Wildman–Crippen LogP) is 4.71. The molecule has 136 valence electrons. The molecule has 3 heterocycles. The number of anilines is 2. The fraction of sp³-hybridized carbons (Fsp3) is 0.105. The quantitative estimate of drug-likeness (QED) is 0.534. The highest BCUT2D eigenvalue weighted by atomic mass is 19.3. The van der Waals surface area contributed by atoms with Crippen molar-refractivity contribution in [3.63, 3.8) is 0 Å². The molecule has 0 radical (unpaired) electrons. The Bertz CT molecular complexity index is 1080. The Morgan fingerprint density at radius 2 is 2.00 bits per heavy atom. The second-order valence-electron chi connectivity index (χ2n) is 5.80. The third-order valence-electron chi connectivity index (χ3n) is 4.14. The van der Waals surface area contributed by atoms with Crippen LogP contribution in [0.1, 0.15) is 12.0 Å². The summed E-state index contributed by atoms with van der Waals surface area (Å²) in [7, 11) is 1.53. The van der Waals surface area contributed by atoms with Crippen molar-refractivity contribution in [3.8, 4) is 17.1 Å². The summed E-state index contributed by atoms with van der Waals surface area (Å²) in [4.78, 5) is 8.67. The molecule has 8 heteroatoms. The van der Waals surface area contributed by atoms with Crippen LogP contribution in [0.4, 0.5) is 20.2 Å². The summed E-state index contributed by atoms with van der Waals surface area (Å²) in [6, 6.07) is 9.88. The van der Waals surface area contributed by atoms with Gasteiger partial charge in [-0.1, -0.05) is 12.1 Å². The Morgan fingerprint density at radius 1 is 1.11 bits per heavy atom. The van der Waals surface area contributed by atoms with Crippen LogP contribution >= 0.6 is 0 Å². The molecule has 0 aliphatic carbocycles. The van der Waals surface area contributed by atoms with Crippen LogP contribution in [0.25, 0.3) is 22.2 Å². The lowest BCUT2D eigenvalue weighted by Gasteiger charge is -2.13. The number of hydrogen-bond acceptors (Lipinski definition) is 5. The van der Waals surface area contributed by atoms with Crippen LogP contribution in [0.15, 0.2) is 55.0 Å². The minimum absolute atomic E-state index is 0.0594. The van der Waals surface area contributed by atoms with E-state index in [0.717, 1.165) is 16.6 Å². The molecule has 0 spiro atoms. The van der Waals surface area contributed by atoms with Crippen LogP contribution in [0.2, 0.25) is 0 Å². The number of nitrogens with one attached hydrogen (secondary N) is 2. The van der Waals surface area contributed by atoms with Gasteiger partial charge in [-0.05, 0) is 24.3 Å². The maximum atomic E-state index is 12.9. The molecule has 6 nitrogen and oxygen atoms in total. The maximum absolute atomic E-state index is 12.9. The first-order valence-electron chi connectivity index (χ1n) is 8.14. The number of halogens is 2. The van der Waals surface area contributed by atoms with E-state index in [9.17, 15) is 8.78 Å². The van der Waals surface area contributed by atoms with Crippen molar-refractivity contribution in [2.24, 2.45) is 0 Å². The lowest BCUT2D eigenvalue weighted by molar-refractivity contribution is 0.151. The van der Waals surface area contributed by atoms with Gasteiger partial charge in [0, 0.05) is 34.6 Å². The molecule has 0 aliphatic heterocycles. The number of aromatic nitrogens is 4. The zero-order chi connectivity index (χ0) is 18.8. The second-order valence-corrected chi connectivity index (χ2v) is 5.80. The van der Waals surface area contributed by atoms with Crippen LogP contribution in [-0.2, 0) is 0 Å². The first kappa shape index (κ1) is 16.9. The minimum Gasteiger partial charge on any atom is -0.480 e. The molecule has 0 amide bonds. The molecule has 2 N–H and O–H groups in total. The Labute approximate surface area is 153 Å². The molecule has 0 atom stereocenters. The van der Waals surface area contributed by atoms with Crippen molar-refractivity contribution in [2.75, 3.05) is 12.4 Å². The summed E-state index contributed by atoms with van der Waals surface area (Å²) >= 11 is 0. The summed E-state index contributed by atoms with van der Waals surface area (Å²) in [5.41, 5.74) is 3.35. The van der Waals surface area contributed by atoms with Gasteiger partial charge < -0.3 is 10.1 Å². The number of benzene rings is 1. The van der Waals surface area contributed by atoms with Gasteiger partial charge in [-0.15, -0.1) is 0 Å². The standard InChI is InChI=1S/C19H15F2N5O/c1-27-19-16(5-4-14(26-19)12-9-23-24-10-12)25-15-6-7-22-17-8-11(18(20)21)2-3-13(15)17/h2-10,18H,1H3,(H,22,25)(H,23,24). The van der Waals surface area contributed by atoms with Gasteiger partial charge >= 0.3 is 0 Å². The fourth-order valence-electron chi connectivity index (χ4n) is 2.80. The first-order valence-corrected chi connectivity index (χ1v) is 8.14. The molecule has 4 aromatic rings. The fourth-order valence-corrected chi connectivity index (χ4v) is 2.80. The highest BCUT2D eigenvalue weighted by molar-refractivity contribution is 5.93. The van der Waals surface area contributed by atoms with E-state index in [0.29, 0.717) is 22.8 Å². The van der Waals surface area contributed by atoms with Crippen LogP contribution in [0.5, 0.6) is 5.88 Å². The number of H-pyrrole nitrogens is 1. The maximum Gasteiger partial charge on any atom is 0.263 e. The molecule has 0 saturated heterocycles. The van der Waals surface area contributed by atoms with Gasteiger partial charge in [-0.2, -0.15) is 5.10 Å². The normalized spacial score (nSPS) is 11.1. The van der Waals surface area contributed by atoms with Crippen LogP contribution < -0.4 is 10.1 Å². The number of pyridine rings is 2. The zero-order valence-electron chi connectivity index (χ0n) is 14.3.